The molecule has 18 heavy (non-hydrogen) atoms. The molecule has 1 aromatic carbocycles. The highest BCUT2D eigenvalue weighted by Gasteiger charge is 2.09. The number of benzene rings is 1. The van der Waals surface area contributed by atoms with Crippen molar-refractivity contribution in [1.29, 1.82) is 0 Å². The second kappa shape index (κ2) is 5.01. The number of aromatic nitrogens is 2. The molecule has 2 N–H and O–H groups in total. The van der Waals surface area contributed by atoms with Crippen LogP contribution < -0.4 is 5.32 Å². The van der Waals surface area contributed by atoms with Gasteiger partial charge in [0.2, 0.25) is 0 Å². The fourth-order valence-electron chi connectivity index (χ4n) is 1.34. The molecule has 0 aliphatic rings. The van der Waals surface area contributed by atoms with Crippen molar-refractivity contribution in [3.05, 3.63) is 46.9 Å². The lowest BCUT2D eigenvalue weighted by atomic mass is 10.1. The summed E-state index contributed by atoms with van der Waals surface area (Å²) in [5.41, 5.74) is 1.05. The number of nitrogens with zero attached hydrogens (tertiary/aromatic N) is 2. The molecule has 1 aromatic heterocycles. The number of carbonyl (C=O) groups excluding carboxylic acids is 1. The van der Waals surface area contributed by atoms with Crippen LogP contribution in [-0.4, -0.2) is 21.0 Å². The second-order valence-corrected chi connectivity index (χ2v) is 4.07. The van der Waals surface area contributed by atoms with E-state index in [0.29, 0.717) is 16.9 Å². The van der Waals surface area contributed by atoms with Crippen LogP contribution in [0.2, 0.25) is 5.15 Å². The number of rotatable bonds is 2. The first-order chi connectivity index (χ1) is 8.56. The molecule has 0 radical (unpaired) electrons. The number of carbonyl (C=O) groups is 1. The monoisotopic (exact) mass is 263 g/mol. The number of aryl methyl sites for hydroxylation is 1. The lowest BCUT2D eigenvalue weighted by molar-refractivity contribution is 0.102. The van der Waals surface area contributed by atoms with E-state index in [4.69, 9.17) is 11.6 Å². The van der Waals surface area contributed by atoms with Crippen LogP contribution in [0.5, 0.6) is 5.75 Å². The zero-order chi connectivity index (χ0) is 13.1. The number of aromatic hydroxyl groups is 1. The molecule has 0 saturated carbocycles. The standard InChI is InChI=1S/C12H10ClN3O2/c1-7-2-3-8(4-9(7)17)12(18)16-11-5-10(13)14-6-15-11/h2-6,17H,1H3,(H,14,15,16,18). The number of halogens is 1. The van der Waals surface area contributed by atoms with Crippen LogP contribution in [0.15, 0.2) is 30.6 Å². The van der Waals surface area contributed by atoms with Crippen LogP contribution in [-0.2, 0) is 0 Å². The van der Waals surface area contributed by atoms with Crippen molar-refractivity contribution in [2.75, 3.05) is 5.32 Å². The van der Waals surface area contributed by atoms with Crippen molar-refractivity contribution in [3.63, 3.8) is 0 Å². The highest BCUT2D eigenvalue weighted by atomic mass is 35.5. The predicted molar refractivity (Wildman–Crippen MR) is 67.8 cm³/mol. The van der Waals surface area contributed by atoms with E-state index in [-0.39, 0.29) is 16.8 Å². The van der Waals surface area contributed by atoms with Gasteiger partial charge in [-0.15, -0.1) is 0 Å². The minimum absolute atomic E-state index is 0.0726. The van der Waals surface area contributed by atoms with E-state index < -0.39 is 0 Å². The van der Waals surface area contributed by atoms with Gasteiger partial charge in [0.1, 0.15) is 23.0 Å². The summed E-state index contributed by atoms with van der Waals surface area (Å²) in [4.78, 5) is 19.4. The number of hydrogen-bond donors (Lipinski definition) is 2. The zero-order valence-corrected chi connectivity index (χ0v) is 10.3. The Balaban J connectivity index is 2.19. The molecule has 0 fully saturated rings. The van der Waals surface area contributed by atoms with Gasteiger partial charge in [-0.05, 0) is 24.6 Å². The van der Waals surface area contributed by atoms with Gasteiger partial charge in [-0.25, -0.2) is 9.97 Å². The van der Waals surface area contributed by atoms with Crippen molar-refractivity contribution >= 4 is 23.3 Å². The van der Waals surface area contributed by atoms with Crippen LogP contribution in [0.4, 0.5) is 5.82 Å². The third-order valence-electron chi connectivity index (χ3n) is 2.35. The fourth-order valence-corrected chi connectivity index (χ4v) is 1.49. The molecule has 0 unspecified atom stereocenters. The molecule has 1 heterocycles. The second-order valence-electron chi connectivity index (χ2n) is 3.68. The smallest absolute Gasteiger partial charge is 0.256 e. The van der Waals surface area contributed by atoms with E-state index in [9.17, 15) is 9.90 Å². The number of amides is 1. The molecule has 0 bridgehead atoms. The molecule has 0 spiro atoms. The summed E-state index contributed by atoms with van der Waals surface area (Å²) < 4.78 is 0. The summed E-state index contributed by atoms with van der Waals surface area (Å²) in [7, 11) is 0. The van der Waals surface area contributed by atoms with Crippen LogP contribution >= 0.6 is 11.6 Å². The van der Waals surface area contributed by atoms with Gasteiger partial charge in [0.05, 0.1) is 0 Å². The average molecular weight is 264 g/mol. The van der Waals surface area contributed by atoms with Gasteiger partial charge in [0.15, 0.2) is 0 Å². The van der Waals surface area contributed by atoms with E-state index in [1.54, 1.807) is 19.1 Å². The number of hydrogen-bond acceptors (Lipinski definition) is 4. The molecule has 6 heteroatoms. The topological polar surface area (TPSA) is 75.1 Å². The van der Waals surface area contributed by atoms with Crippen molar-refractivity contribution in [3.8, 4) is 5.75 Å². The van der Waals surface area contributed by atoms with Crippen LogP contribution in [0.3, 0.4) is 0 Å². The number of nitrogens with one attached hydrogen (secondary N) is 1. The van der Waals surface area contributed by atoms with Gasteiger partial charge in [0.25, 0.3) is 5.91 Å². The van der Waals surface area contributed by atoms with Crippen LogP contribution in [0, 0.1) is 6.92 Å². The molecule has 0 saturated heterocycles. The maximum Gasteiger partial charge on any atom is 0.256 e. The molecule has 92 valence electrons. The molecule has 2 rings (SSSR count). The molecular weight excluding hydrogens is 254 g/mol. The maximum atomic E-state index is 11.9. The summed E-state index contributed by atoms with van der Waals surface area (Å²) in [5, 5.41) is 12.3. The molecule has 1 amide bonds. The first kappa shape index (κ1) is 12.3. The summed E-state index contributed by atoms with van der Waals surface area (Å²) in [6.07, 6.45) is 1.25. The number of phenols is 1. The van der Waals surface area contributed by atoms with Crippen molar-refractivity contribution in [2.24, 2.45) is 0 Å². The summed E-state index contributed by atoms with van der Waals surface area (Å²) in [6, 6.07) is 6.12. The Morgan fingerprint density at radius 2 is 2.11 bits per heavy atom. The SMILES string of the molecule is Cc1ccc(C(=O)Nc2cc(Cl)ncn2)cc1O. The minimum Gasteiger partial charge on any atom is -0.508 e. The van der Waals surface area contributed by atoms with Crippen molar-refractivity contribution < 1.29 is 9.90 Å². The molecule has 5 nitrogen and oxygen atoms in total. The van der Waals surface area contributed by atoms with Gasteiger partial charge in [-0.3, -0.25) is 4.79 Å². The van der Waals surface area contributed by atoms with Gasteiger partial charge < -0.3 is 10.4 Å². The zero-order valence-electron chi connectivity index (χ0n) is 9.51. The summed E-state index contributed by atoms with van der Waals surface area (Å²) in [6.45, 7) is 1.75. The quantitative estimate of drug-likeness (QED) is 0.816. The Labute approximate surface area is 108 Å². The first-order valence-corrected chi connectivity index (χ1v) is 5.52. The normalized spacial score (nSPS) is 10.1. The third kappa shape index (κ3) is 2.75. The molecule has 2 aromatic rings. The van der Waals surface area contributed by atoms with E-state index in [2.05, 4.69) is 15.3 Å². The van der Waals surface area contributed by atoms with Crippen LogP contribution in [0.1, 0.15) is 15.9 Å². The lowest BCUT2D eigenvalue weighted by Gasteiger charge is -2.05. The Bertz CT molecular complexity index is 602. The largest absolute Gasteiger partial charge is 0.508 e. The highest BCUT2D eigenvalue weighted by Crippen LogP contribution is 2.18. The fraction of sp³-hybridized carbons (Fsp3) is 0.0833. The molecule has 0 aliphatic heterocycles. The molecule has 0 atom stereocenters. The van der Waals surface area contributed by atoms with Crippen molar-refractivity contribution in [2.45, 2.75) is 6.92 Å². The van der Waals surface area contributed by atoms with E-state index in [1.165, 1.54) is 18.5 Å². The van der Waals surface area contributed by atoms with Gasteiger partial charge >= 0.3 is 0 Å². The first-order valence-electron chi connectivity index (χ1n) is 5.15. The predicted octanol–water partition coefficient (Wildman–Crippen LogP) is 2.40. The number of phenolic OH excluding ortho intramolecular Hbond substituents is 1. The third-order valence-corrected chi connectivity index (χ3v) is 2.55. The maximum absolute atomic E-state index is 11.9. The Hall–Kier alpha value is -2.14. The van der Waals surface area contributed by atoms with Gasteiger partial charge in [-0.1, -0.05) is 17.7 Å². The van der Waals surface area contributed by atoms with E-state index in [1.807, 2.05) is 0 Å². The van der Waals surface area contributed by atoms with Crippen molar-refractivity contribution in [1.82, 2.24) is 9.97 Å². The molecule has 0 aliphatic carbocycles. The van der Waals surface area contributed by atoms with E-state index in [0.717, 1.165) is 0 Å². The van der Waals surface area contributed by atoms with Gasteiger partial charge in [-0.2, -0.15) is 0 Å². The minimum atomic E-state index is -0.375. The summed E-state index contributed by atoms with van der Waals surface area (Å²) >= 11 is 5.68. The van der Waals surface area contributed by atoms with Crippen LogP contribution in [0.25, 0.3) is 0 Å². The Morgan fingerprint density at radius 3 is 2.78 bits per heavy atom. The Morgan fingerprint density at radius 1 is 1.33 bits per heavy atom. The van der Waals surface area contributed by atoms with Gasteiger partial charge in [0, 0.05) is 11.6 Å². The number of anilines is 1. The highest BCUT2D eigenvalue weighted by molar-refractivity contribution is 6.29. The Kier molecular flexibility index (Phi) is 3.43. The van der Waals surface area contributed by atoms with E-state index >= 15 is 0 Å². The lowest BCUT2D eigenvalue weighted by Crippen LogP contribution is -2.13. The summed E-state index contributed by atoms with van der Waals surface area (Å²) in [5.74, 6) is 0.00324. The molecular formula is C12H10ClN3O2. The average Bonchev–Trinajstić information content (AvgIpc) is 2.32.